The van der Waals surface area contributed by atoms with E-state index in [0.29, 0.717) is 24.3 Å². The van der Waals surface area contributed by atoms with E-state index < -0.39 is 10.0 Å². The van der Waals surface area contributed by atoms with Crippen molar-refractivity contribution in [3.63, 3.8) is 0 Å². The fourth-order valence-corrected chi connectivity index (χ4v) is 5.54. The molecule has 3 aromatic rings. The Kier molecular flexibility index (Phi) is 6.08. The average Bonchev–Trinajstić information content (AvgIpc) is 3.28. The predicted octanol–water partition coefficient (Wildman–Crippen LogP) is 2.15. The highest BCUT2D eigenvalue weighted by Gasteiger charge is 2.30. The summed E-state index contributed by atoms with van der Waals surface area (Å²) in [7, 11) is -3.65. The molecule has 0 unspecified atom stereocenters. The Morgan fingerprint density at radius 1 is 1.13 bits per heavy atom. The van der Waals surface area contributed by atoms with E-state index in [1.54, 1.807) is 17.3 Å². The fraction of sp³-hybridized carbons (Fsp3) is 0.238. The summed E-state index contributed by atoms with van der Waals surface area (Å²) in [6, 6.07) is 11.6. The molecule has 2 aromatic heterocycles. The van der Waals surface area contributed by atoms with E-state index in [9.17, 15) is 13.2 Å². The van der Waals surface area contributed by atoms with Crippen LogP contribution >= 0.6 is 11.3 Å². The molecule has 0 aliphatic carbocycles. The van der Waals surface area contributed by atoms with Gasteiger partial charge in [-0.3, -0.25) is 9.78 Å². The highest BCUT2D eigenvalue weighted by Crippen LogP contribution is 2.23. The highest BCUT2D eigenvalue weighted by atomic mass is 32.2. The summed E-state index contributed by atoms with van der Waals surface area (Å²) in [5.41, 5.74) is 2.01. The van der Waals surface area contributed by atoms with Crippen LogP contribution in [0.15, 0.2) is 59.1 Å². The summed E-state index contributed by atoms with van der Waals surface area (Å²) in [6.45, 7) is 1.11. The van der Waals surface area contributed by atoms with Crippen LogP contribution in [0.3, 0.4) is 0 Å². The predicted molar refractivity (Wildman–Crippen MR) is 116 cm³/mol. The highest BCUT2D eigenvalue weighted by molar-refractivity contribution is 7.89. The minimum absolute atomic E-state index is 0.0709. The molecule has 8 nitrogen and oxygen atoms in total. The van der Waals surface area contributed by atoms with Gasteiger partial charge in [0.1, 0.15) is 5.01 Å². The smallest absolute Gasteiger partial charge is 0.243 e. The number of aromatic nitrogens is 2. The number of rotatable bonds is 5. The topological polar surface area (TPSA) is 107 Å². The Morgan fingerprint density at radius 3 is 2.52 bits per heavy atom. The second kappa shape index (κ2) is 8.93. The number of sulfonamides is 1. The van der Waals surface area contributed by atoms with Gasteiger partial charge in [0.05, 0.1) is 28.6 Å². The summed E-state index contributed by atoms with van der Waals surface area (Å²) in [5.74, 6) is -0.0709. The summed E-state index contributed by atoms with van der Waals surface area (Å²) in [5, 5.41) is 11.6. The summed E-state index contributed by atoms with van der Waals surface area (Å²) >= 11 is 1.47. The van der Waals surface area contributed by atoms with Crippen molar-refractivity contribution in [3.8, 4) is 16.6 Å². The Bertz CT molecular complexity index is 1210. The van der Waals surface area contributed by atoms with Crippen LogP contribution < -0.4 is 0 Å². The lowest BCUT2D eigenvalue weighted by Crippen LogP contribution is -2.50. The average molecular weight is 454 g/mol. The van der Waals surface area contributed by atoms with Crippen molar-refractivity contribution < 1.29 is 13.2 Å². The molecule has 3 heterocycles. The molecule has 1 amide bonds. The van der Waals surface area contributed by atoms with Gasteiger partial charge < -0.3 is 4.90 Å². The van der Waals surface area contributed by atoms with E-state index >= 15 is 0 Å². The number of hydrogen-bond acceptors (Lipinski definition) is 7. The second-order valence-electron chi connectivity index (χ2n) is 6.98. The lowest BCUT2D eigenvalue weighted by molar-refractivity contribution is -0.131. The number of carbonyl (C=O) groups excluding carboxylic acids is 1. The van der Waals surface area contributed by atoms with Crippen LogP contribution in [0.5, 0.6) is 0 Å². The minimum Gasteiger partial charge on any atom is -0.340 e. The fourth-order valence-electron chi connectivity index (χ4n) is 3.31. The van der Waals surface area contributed by atoms with Crippen molar-refractivity contribution >= 4 is 27.3 Å². The minimum atomic E-state index is -3.65. The molecule has 0 bridgehead atoms. The molecule has 1 aromatic carbocycles. The molecule has 31 heavy (non-hydrogen) atoms. The number of piperazine rings is 1. The molecule has 1 aliphatic heterocycles. The number of hydrogen-bond donors (Lipinski definition) is 0. The van der Waals surface area contributed by atoms with Crippen LogP contribution in [-0.2, 0) is 21.2 Å². The largest absolute Gasteiger partial charge is 0.340 e. The summed E-state index contributed by atoms with van der Waals surface area (Å²) in [6.07, 6.45) is 3.61. The van der Waals surface area contributed by atoms with Crippen molar-refractivity contribution in [1.82, 2.24) is 19.2 Å². The van der Waals surface area contributed by atoms with Crippen molar-refractivity contribution in [2.24, 2.45) is 0 Å². The molecule has 1 saturated heterocycles. The maximum absolute atomic E-state index is 12.8. The molecule has 0 saturated carbocycles. The maximum Gasteiger partial charge on any atom is 0.243 e. The molecule has 1 aliphatic rings. The lowest BCUT2D eigenvalue weighted by Gasteiger charge is -2.34. The molecule has 10 heteroatoms. The third-order valence-corrected chi connectivity index (χ3v) is 7.86. The van der Waals surface area contributed by atoms with E-state index in [0.717, 1.165) is 10.6 Å². The number of nitriles is 1. The molecule has 0 N–H and O–H groups in total. The summed E-state index contributed by atoms with van der Waals surface area (Å²) in [4.78, 5) is 23.1. The number of amides is 1. The standard InChI is InChI=1S/C21H19N5O3S2/c22-13-16-3-5-19(6-4-16)31(28,29)26-10-8-25(9-11-26)20(27)12-18-15-30-21(24-18)17-2-1-7-23-14-17/h1-7,14-15H,8-12H2. The van der Waals surface area contributed by atoms with Crippen LogP contribution in [0.25, 0.3) is 10.6 Å². The Hall–Kier alpha value is -3.13. The van der Waals surface area contributed by atoms with Gasteiger partial charge in [0.15, 0.2) is 0 Å². The van der Waals surface area contributed by atoms with Crippen molar-refractivity contribution in [1.29, 1.82) is 5.26 Å². The number of carbonyl (C=O) groups is 1. The van der Waals surface area contributed by atoms with Gasteiger partial charge in [-0.2, -0.15) is 9.57 Å². The quantitative estimate of drug-likeness (QED) is 0.586. The first-order valence-electron chi connectivity index (χ1n) is 9.60. The molecular weight excluding hydrogens is 434 g/mol. The van der Waals surface area contributed by atoms with Gasteiger partial charge in [0, 0.05) is 49.5 Å². The van der Waals surface area contributed by atoms with E-state index in [4.69, 9.17) is 5.26 Å². The van der Waals surface area contributed by atoms with Gasteiger partial charge in [-0.15, -0.1) is 11.3 Å². The maximum atomic E-state index is 12.8. The van der Waals surface area contributed by atoms with Gasteiger partial charge >= 0.3 is 0 Å². The number of benzene rings is 1. The first-order valence-corrected chi connectivity index (χ1v) is 11.9. The van der Waals surface area contributed by atoms with Gasteiger partial charge in [-0.05, 0) is 36.4 Å². The molecular formula is C21H19N5O3S2. The molecule has 0 radical (unpaired) electrons. The van der Waals surface area contributed by atoms with Gasteiger partial charge in [0.2, 0.25) is 15.9 Å². The Morgan fingerprint density at radius 2 is 1.87 bits per heavy atom. The first-order chi connectivity index (χ1) is 15.0. The van der Waals surface area contributed by atoms with E-state index in [2.05, 4.69) is 9.97 Å². The van der Waals surface area contributed by atoms with Crippen LogP contribution in [-0.4, -0.2) is 59.7 Å². The zero-order valence-corrected chi connectivity index (χ0v) is 18.1. The summed E-state index contributed by atoms with van der Waals surface area (Å²) < 4.78 is 27.0. The molecule has 0 atom stereocenters. The van der Waals surface area contributed by atoms with E-state index in [1.807, 2.05) is 23.6 Å². The van der Waals surface area contributed by atoms with Crippen molar-refractivity contribution in [2.75, 3.05) is 26.2 Å². The van der Waals surface area contributed by atoms with Crippen LogP contribution in [0.4, 0.5) is 0 Å². The van der Waals surface area contributed by atoms with Crippen LogP contribution in [0, 0.1) is 11.3 Å². The molecule has 0 spiro atoms. The van der Waals surface area contributed by atoms with Crippen molar-refractivity contribution in [3.05, 3.63) is 65.4 Å². The number of pyridine rings is 1. The third-order valence-electron chi connectivity index (χ3n) is 5.01. The third kappa shape index (κ3) is 4.64. The molecule has 1 fully saturated rings. The number of nitrogens with zero attached hydrogens (tertiary/aromatic N) is 5. The van der Waals surface area contributed by atoms with Crippen molar-refractivity contribution in [2.45, 2.75) is 11.3 Å². The van der Waals surface area contributed by atoms with E-state index in [-0.39, 0.29) is 30.3 Å². The van der Waals surface area contributed by atoms with Gasteiger partial charge in [0.25, 0.3) is 0 Å². The normalized spacial score (nSPS) is 14.9. The SMILES string of the molecule is N#Cc1ccc(S(=O)(=O)N2CCN(C(=O)Cc3csc(-c4cccnc4)n3)CC2)cc1. The zero-order valence-electron chi connectivity index (χ0n) is 16.5. The van der Waals surface area contributed by atoms with Crippen LogP contribution in [0.1, 0.15) is 11.3 Å². The Labute approximate surface area is 184 Å². The second-order valence-corrected chi connectivity index (χ2v) is 9.78. The number of thiazole rings is 1. The lowest BCUT2D eigenvalue weighted by atomic mass is 10.2. The molecule has 158 valence electrons. The van der Waals surface area contributed by atoms with E-state index in [1.165, 1.54) is 39.9 Å². The first kappa shape index (κ1) is 21.1. The van der Waals surface area contributed by atoms with Gasteiger partial charge in [-0.1, -0.05) is 0 Å². The monoisotopic (exact) mass is 453 g/mol. The Balaban J connectivity index is 1.36. The van der Waals surface area contributed by atoms with Gasteiger partial charge in [-0.25, -0.2) is 13.4 Å². The van der Waals surface area contributed by atoms with Crippen LogP contribution in [0.2, 0.25) is 0 Å². The molecule has 4 rings (SSSR count). The zero-order chi connectivity index (χ0) is 21.8.